The minimum absolute atomic E-state index is 0.372. The first-order valence-corrected chi connectivity index (χ1v) is 8.09. The Morgan fingerprint density at radius 2 is 2.04 bits per heavy atom. The summed E-state index contributed by atoms with van der Waals surface area (Å²) in [4.78, 5) is 13.2. The molecule has 124 valence electrons. The molecule has 0 amide bonds. The monoisotopic (exact) mass is 323 g/mol. The van der Waals surface area contributed by atoms with Crippen LogP contribution in [-0.4, -0.2) is 30.8 Å². The third-order valence-corrected chi connectivity index (χ3v) is 3.99. The van der Waals surface area contributed by atoms with E-state index in [1.807, 2.05) is 24.3 Å². The molecule has 3 rings (SSSR count). The summed E-state index contributed by atoms with van der Waals surface area (Å²) in [6.07, 6.45) is 1.96. The van der Waals surface area contributed by atoms with E-state index in [0.717, 1.165) is 25.3 Å². The Balaban J connectivity index is 1.60. The van der Waals surface area contributed by atoms with Crippen LogP contribution in [0.4, 0.5) is 0 Å². The smallest absolute Gasteiger partial charge is 0.330 e. The van der Waals surface area contributed by atoms with Crippen LogP contribution in [0.2, 0.25) is 0 Å². The Morgan fingerprint density at radius 3 is 2.83 bits per heavy atom. The van der Waals surface area contributed by atoms with Gasteiger partial charge in [0.25, 0.3) is 0 Å². The predicted octanol–water partition coefficient (Wildman–Crippen LogP) is 3.62. The summed E-state index contributed by atoms with van der Waals surface area (Å²) in [5.41, 5.74) is 3.58. The van der Waals surface area contributed by atoms with E-state index in [2.05, 4.69) is 35.7 Å². The van der Waals surface area contributed by atoms with Gasteiger partial charge in [-0.3, -0.25) is 4.90 Å². The Bertz CT molecular complexity index is 712. The maximum atomic E-state index is 11.0. The van der Waals surface area contributed by atoms with Crippen molar-refractivity contribution in [3.8, 4) is 16.9 Å². The van der Waals surface area contributed by atoms with Gasteiger partial charge in [0, 0.05) is 24.7 Å². The number of hydrogen-bond donors (Lipinski definition) is 0. The average Bonchev–Trinajstić information content (AvgIpc) is 2.65. The van der Waals surface area contributed by atoms with Crippen molar-refractivity contribution in [3.63, 3.8) is 0 Å². The van der Waals surface area contributed by atoms with E-state index >= 15 is 0 Å². The Kier molecular flexibility index (Phi) is 5.29. The number of rotatable bonds is 6. The van der Waals surface area contributed by atoms with E-state index in [-0.39, 0.29) is 5.97 Å². The molecule has 2 aromatic rings. The van der Waals surface area contributed by atoms with Crippen LogP contribution >= 0.6 is 0 Å². The molecule has 0 radical (unpaired) electrons. The fraction of sp³-hybridized carbons (Fsp3) is 0.250. The zero-order chi connectivity index (χ0) is 16.8. The molecule has 24 heavy (non-hydrogen) atoms. The second kappa shape index (κ2) is 7.79. The number of ether oxygens (including phenoxy) is 2. The number of fused-ring (bicyclic) bond motifs is 1. The van der Waals surface area contributed by atoms with E-state index in [4.69, 9.17) is 9.47 Å². The zero-order valence-electron chi connectivity index (χ0n) is 13.6. The summed E-state index contributed by atoms with van der Waals surface area (Å²) in [6, 6.07) is 16.7. The fourth-order valence-electron chi connectivity index (χ4n) is 2.76. The molecule has 0 bridgehead atoms. The molecule has 1 aliphatic rings. The second-order valence-corrected chi connectivity index (χ2v) is 5.74. The van der Waals surface area contributed by atoms with Gasteiger partial charge in [0.15, 0.2) is 0 Å². The molecular formula is C20H21NO3. The predicted molar refractivity (Wildman–Crippen MR) is 93.6 cm³/mol. The number of esters is 1. The topological polar surface area (TPSA) is 38.8 Å². The lowest BCUT2D eigenvalue weighted by atomic mass is 10.0. The third kappa shape index (κ3) is 4.03. The molecule has 2 aromatic carbocycles. The van der Waals surface area contributed by atoms with Crippen LogP contribution in [0.25, 0.3) is 11.1 Å². The Labute approximate surface area is 142 Å². The van der Waals surface area contributed by atoms with Crippen molar-refractivity contribution in [1.29, 1.82) is 0 Å². The van der Waals surface area contributed by atoms with Crippen molar-refractivity contribution in [3.05, 3.63) is 66.7 Å². The molecule has 1 aliphatic heterocycles. The van der Waals surface area contributed by atoms with Crippen LogP contribution in [0, 0.1) is 0 Å². The van der Waals surface area contributed by atoms with Crippen LogP contribution in [-0.2, 0) is 16.1 Å². The molecule has 4 heteroatoms. The van der Waals surface area contributed by atoms with Gasteiger partial charge in [-0.2, -0.15) is 0 Å². The van der Waals surface area contributed by atoms with Gasteiger partial charge >= 0.3 is 5.97 Å². The second-order valence-electron chi connectivity index (χ2n) is 5.74. The highest BCUT2D eigenvalue weighted by atomic mass is 16.5. The van der Waals surface area contributed by atoms with Crippen molar-refractivity contribution in [2.24, 2.45) is 0 Å². The minimum Gasteiger partial charge on any atom is -0.478 e. The average molecular weight is 323 g/mol. The fourth-order valence-corrected chi connectivity index (χ4v) is 2.76. The summed E-state index contributed by atoms with van der Waals surface area (Å²) in [5.74, 6) is 0.576. The molecule has 4 nitrogen and oxygen atoms in total. The van der Waals surface area contributed by atoms with Gasteiger partial charge in [0.05, 0.1) is 6.61 Å². The molecule has 1 heterocycles. The molecular weight excluding hydrogens is 302 g/mol. The highest BCUT2D eigenvalue weighted by Gasteiger charge is 2.17. The van der Waals surface area contributed by atoms with Gasteiger partial charge in [-0.1, -0.05) is 43.0 Å². The lowest BCUT2D eigenvalue weighted by Gasteiger charge is -2.29. The molecule has 0 fully saturated rings. The first-order valence-electron chi connectivity index (χ1n) is 8.09. The highest BCUT2D eigenvalue weighted by molar-refractivity contribution is 5.81. The molecule has 0 unspecified atom stereocenters. The van der Waals surface area contributed by atoms with Crippen LogP contribution in [0.3, 0.4) is 0 Å². The summed E-state index contributed by atoms with van der Waals surface area (Å²) in [7, 11) is 0. The minimum atomic E-state index is -0.372. The largest absolute Gasteiger partial charge is 0.478 e. The Hall–Kier alpha value is -2.59. The molecule has 0 spiro atoms. The van der Waals surface area contributed by atoms with Crippen molar-refractivity contribution >= 4 is 5.97 Å². The molecule has 0 atom stereocenters. The number of benzene rings is 2. The summed E-state index contributed by atoms with van der Waals surface area (Å²) in [6.45, 7) is 6.00. The maximum absolute atomic E-state index is 11.0. The van der Waals surface area contributed by atoms with E-state index in [1.165, 1.54) is 22.8 Å². The van der Waals surface area contributed by atoms with E-state index < -0.39 is 0 Å². The first-order chi connectivity index (χ1) is 11.8. The number of carbonyl (C=O) groups excluding carboxylic acids is 1. The molecule has 0 saturated carbocycles. The van der Waals surface area contributed by atoms with Crippen molar-refractivity contribution in [2.45, 2.75) is 13.0 Å². The maximum Gasteiger partial charge on any atom is 0.330 e. The SMILES string of the molecule is C=CC(=O)OCCCN1COc2ccc(-c3ccccc3)cc2C1. The zero-order valence-corrected chi connectivity index (χ0v) is 13.6. The molecule has 0 N–H and O–H groups in total. The third-order valence-electron chi connectivity index (χ3n) is 3.99. The van der Waals surface area contributed by atoms with Gasteiger partial charge in [-0.05, 0) is 29.7 Å². The van der Waals surface area contributed by atoms with Gasteiger partial charge in [0.2, 0.25) is 0 Å². The van der Waals surface area contributed by atoms with E-state index in [1.54, 1.807) is 0 Å². The summed E-state index contributed by atoms with van der Waals surface area (Å²) in [5, 5.41) is 0. The van der Waals surface area contributed by atoms with Gasteiger partial charge in [-0.25, -0.2) is 4.79 Å². The summed E-state index contributed by atoms with van der Waals surface area (Å²) >= 11 is 0. The van der Waals surface area contributed by atoms with Gasteiger partial charge < -0.3 is 9.47 Å². The van der Waals surface area contributed by atoms with E-state index in [9.17, 15) is 4.79 Å². The van der Waals surface area contributed by atoms with Crippen molar-refractivity contribution in [2.75, 3.05) is 19.9 Å². The Morgan fingerprint density at radius 1 is 1.21 bits per heavy atom. The molecule has 0 aromatic heterocycles. The number of nitrogens with zero attached hydrogens (tertiary/aromatic N) is 1. The number of carbonyl (C=O) groups is 1. The molecule has 0 aliphatic carbocycles. The van der Waals surface area contributed by atoms with Crippen LogP contribution in [0.15, 0.2) is 61.2 Å². The van der Waals surface area contributed by atoms with Crippen LogP contribution in [0.5, 0.6) is 5.75 Å². The van der Waals surface area contributed by atoms with Crippen molar-refractivity contribution < 1.29 is 14.3 Å². The highest BCUT2D eigenvalue weighted by Crippen LogP contribution is 2.30. The van der Waals surface area contributed by atoms with Crippen molar-refractivity contribution in [1.82, 2.24) is 4.90 Å². The standard InChI is InChI=1S/C20H21NO3/c1-2-20(22)23-12-6-11-21-14-18-13-17(9-10-19(18)24-15-21)16-7-4-3-5-8-16/h2-5,7-10,13H,1,6,11-12,14-15H2. The van der Waals surface area contributed by atoms with Crippen LogP contribution < -0.4 is 4.74 Å². The number of hydrogen-bond acceptors (Lipinski definition) is 4. The quantitative estimate of drug-likeness (QED) is 0.462. The lowest BCUT2D eigenvalue weighted by Crippen LogP contribution is -2.33. The van der Waals surface area contributed by atoms with Gasteiger partial charge in [-0.15, -0.1) is 0 Å². The normalized spacial score (nSPS) is 13.7. The van der Waals surface area contributed by atoms with Gasteiger partial charge in [0.1, 0.15) is 12.5 Å². The molecule has 0 saturated heterocycles. The van der Waals surface area contributed by atoms with Crippen LogP contribution in [0.1, 0.15) is 12.0 Å². The summed E-state index contributed by atoms with van der Waals surface area (Å²) < 4.78 is 10.8. The van der Waals surface area contributed by atoms with E-state index in [0.29, 0.717) is 13.3 Å². The lowest BCUT2D eigenvalue weighted by molar-refractivity contribution is -0.137. The first kappa shape index (κ1) is 16.3.